The van der Waals surface area contributed by atoms with E-state index in [9.17, 15) is 9.59 Å². The van der Waals surface area contributed by atoms with E-state index in [2.05, 4.69) is 10.6 Å². The molecular formula is C16H16ClN3O2. The number of nitrogens with one attached hydrogen (secondary N) is 2. The molecule has 22 heavy (non-hydrogen) atoms. The van der Waals surface area contributed by atoms with Gasteiger partial charge in [0.15, 0.2) is 0 Å². The van der Waals surface area contributed by atoms with Gasteiger partial charge < -0.3 is 16.4 Å². The molecule has 0 saturated heterocycles. The number of aryl methyl sites for hydroxylation is 1. The minimum absolute atomic E-state index is 0.243. The molecule has 0 fully saturated rings. The van der Waals surface area contributed by atoms with Gasteiger partial charge in [-0.25, -0.2) is 0 Å². The average Bonchev–Trinajstić information content (AvgIpc) is 2.50. The van der Waals surface area contributed by atoms with Crippen molar-refractivity contribution in [3.05, 3.63) is 58.6 Å². The molecule has 0 aliphatic heterocycles. The lowest BCUT2D eigenvalue weighted by molar-refractivity contribution is -0.136. The number of hydrogen-bond donors (Lipinski definition) is 3. The van der Waals surface area contributed by atoms with Crippen molar-refractivity contribution in [3.63, 3.8) is 0 Å². The normalized spacial score (nSPS) is 10.1. The fourth-order valence-corrected chi connectivity index (χ4v) is 1.95. The molecule has 4 N–H and O–H groups in total. The van der Waals surface area contributed by atoms with E-state index in [-0.39, 0.29) is 6.54 Å². The average molecular weight is 318 g/mol. The zero-order chi connectivity index (χ0) is 16.1. The van der Waals surface area contributed by atoms with Gasteiger partial charge in [0.05, 0.1) is 11.4 Å². The Hall–Kier alpha value is -2.53. The summed E-state index contributed by atoms with van der Waals surface area (Å²) in [5.41, 5.74) is 8.37. The van der Waals surface area contributed by atoms with Gasteiger partial charge in [-0.15, -0.1) is 0 Å². The first-order valence-corrected chi connectivity index (χ1v) is 7.03. The summed E-state index contributed by atoms with van der Waals surface area (Å²) in [7, 11) is 0. The van der Waals surface area contributed by atoms with Crippen molar-refractivity contribution >= 4 is 34.8 Å². The van der Waals surface area contributed by atoms with Crippen molar-refractivity contribution in [2.45, 2.75) is 13.5 Å². The Bertz CT molecular complexity index is 699. The molecule has 0 atom stereocenters. The molecule has 6 heteroatoms. The smallest absolute Gasteiger partial charge is 0.313 e. The molecule has 0 heterocycles. The van der Waals surface area contributed by atoms with E-state index in [1.165, 1.54) is 0 Å². The molecule has 2 aromatic rings. The molecule has 0 aliphatic carbocycles. The Kier molecular flexibility index (Phi) is 5.01. The van der Waals surface area contributed by atoms with Crippen molar-refractivity contribution in [2.24, 2.45) is 0 Å². The van der Waals surface area contributed by atoms with E-state index in [4.69, 9.17) is 17.3 Å². The van der Waals surface area contributed by atoms with Crippen molar-refractivity contribution in [3.8, 4) is 0 Å². The molecule has 114 valence electrons. The van der Waals surface area contributed by atoms with Gasteiger partial charge in [-0.2, -0.15) is 0 Å². The van der Waals surface area contributed by atoms with Crippen LogP contribution in [0.1, 0.15) is 11.1 Å². The summed E-state index contributed by atoms with van der Waals surface area (Å²) in [5, 5.41) is 5.65. The van der Waals surface area contributed by atoms with Gasteiger partial charge in [0, 0.05) is 11.6 Å². The van der Waals surface area contributed by atoms with E-state index >= 15 is 0 Å². The van der Waals surface area contributed by atoms with Gasteiger partial charge >= 0.3 is 11.8 Å². The molecule has 0 aliphatic rings. The Morgan fingerprint density at radius 1 is 1.09 bits per heavy atom. The Balaban J connectivity index is 1.93. The maximum Gasteiger partial charge on any atom is 0.313 e. The van der Waals surface area contributed by atoms with Crippen LogP contribution in [0.5, 0.6) is 0 Å². The lowest BCUT2D eigenvalue weighted by atomic mass is 10.2. The van der Waals surface area contributed by atoms with Crippen LogP contribution in [-0.2, 0) is 16.1 Å². The third-order valence-electron chi connectivity index (χ3n) is 3.03. The highest BCUT2D eigenvalue weighted by Crippen LogP contribution is 2.19. The van der Waals surface area contributed by atoms with Gasteiger partial charge in [0.1, 0.15) is 0 Å². The van der Waals surface area contributed by atoms with Crippen molar-refractivity contribution < 1.29 is 9.59 Å². The molecule has 0 saturated carbocycles. The van der Waals surface area contributed by atoms with E-state index < -0.39 is 11.8 Å². The minimum Gasteiger partial charge on any atom is -0.397 e. The lowest BCUT2D eigenvalue weighted by Crippen LogP contribution is -2.35. The monoisotopic (exact) mass is 317 g/mol. The second kappa shape index (κ2) is 6.95. The number of benzene rings is 2. The number of nitrogen functional groups attached to an aromatic ring is 1. The van der Waals surface area contributed by atoms with Crippen LogP contribution in [0.3, 0.4) is 0 Å². The number of hydrogen-bond acceptors (Lipinski definition) is 3. The van der Waals surface area contributed by atoms with E-state index in [0.29, 0.717) is 16.4 Å². The molecular weight excluding hydrogens is 302 g/mol. The van der Waals surface area contributed by atoms with Crippen molar-refractivity contribution in [2.75, 3.05) is 11.1 Å². The van der Waals surface area contributed by atoms with Crippen LogP contribution in [0, 0.1) is 6.92 Å². The highest BCUT2D eigenvalue weighted by atomic mass is 35.5. The van der Waals surface area contributed by atoms with Crippen LogP contribution >= 0.6 is 11.6 Å². The quantitative estimate of drug-likeness (QED) is 0.600. The number of anilines is 2. The highest BCUT2D eigenvalue weighted by molar-refractivity contribution is 6.39. The minimum atomic E-state index is -0.758. The second-order valence-electron chi connectivity index (χ2n) is 4.85. The Morgan fingerprint density at radius 2 is 1.77 bits per heavy atom. The van der Waals surface area contributed by atoms with Crippen LogP contribution in [0.25, 0.3) is 0 Å². The molecule has 0 unspecified atom stereocenters. The van der Waals surface area contributed by atoms with Crippen molar-refractivity contribution in [1.29, 1.82) is 0 Å². The molecule has 5 nitrogen and oxygen atoms in total. The number of carbonyl (C=O) groups is 2. The molecule has 0 radical (unpaired) electrons. The predicted molar refractivity (Wildman–Crippen MR) is 87.5 cm³/mol. The predicted octanol–water partition coefficient (Wildman–Crippen LogP) is 2.49. The SMILES string of the molecule is Cc1ccc(N)c(NC(=O)C(=O)NCc2ccc(Cl)cc2)c1. The summed E-state index contributed by atoms with van der Waals surface area (Å²) < 4.78 is 0. The topological polar surface area (TPSA) is 84.2 Å². The highest BCUT2D eigenvalue weighted by Gasteiger charge is 2.14. The fourth-order valence-electron chi connectivity index (χ4n) is 1.82. The molecule has 2 aromatic carbocycles. The zero-order valence-electron chi connectivity index (χ0n) is 12.0. The summed E-state index contributed by atoms with van der Waals surface area (Å²) in [6, 6.07) is 12.2. The van der Waals surface area contributed by atoms with Crippen LogP contribution in [-0.4, -0.2) is 11.8 Å². The standard InChI is InChI=1S/C16H16ClN3O2/c1-10-2-7-13(18)14(8-10)20-16(22)15(21)19-9-11-3-5-12(17)6-4-11/h2-8H,9,18H2,1H3,(H,19,21)(H,20,22). The van der Waals surface area contributed by atoms with Gasteiger partial charge in [-0.05, 0) is 42.3 Å². The number of nitrogens with two attached hydrogens (primary N) is 1. The third kappa shape index (κ3) is 4.23. The largest absolute Gasteiger partial charge is 0.397 e. The van der Waals surface area contributed by atoms with Crippen LogP contribution < -0.4 is 16.4 Å². The first-order chi connectivity index (χ1) is 10.5. The lowest BCUT2D eigenvalue weighted by Gasteiger charge is -2.09. The van der Waals surface area contributed by atoms with E-state index in [1.807, 2.05) is 13.0 Å². The van der Waals surface area contributed by atoms with Crippen LogP contribution in [0.2, 0.25) is 5.02 Å². The van der Waals surface area contributed by atoms with Gasteiger partial charge in [-0.1, -0.05) is 29.8 Å². The maximum atomic E-state index is 11.9. The number of rotatable bonds is 3. The number of carbonyl (C=O) groups excluding carboxylic acids is 2. The summed E-state index contributed by atoms with van der Waals surface area (Å²) in [6.45, 7) is 2.11. The van der Waals surface area contributed by atoms with Crippen molar-refractivity contribution in [1.82, 2.24) is 5.32 Å². The zero-order valence-corrected chi connectivity index (χ0v) is 12.8. The Morgan fingerprint density at radius 3 is 2.45 bits per heavy atom. The molecule has 0 spiro atoms. The van der Waals surface area contributed by atoms with E-state index in [0.717, 1.165) is 11.1 Å². The number of amides is 2. The van der Waals surface area contributed by atoms with Gasteiger partial charge in [-0.3, -0.25) is 9.59 Å². The van der Waals surface area contributed by atoms with Crippen LogP contribution in [0.15, 0.2) is 42.5 Å². The third-order valence-corrected chi connectivity index (χ3v) is 3.28. The number of halogens is 1. The van der Waals surface area contributed by atoms with Crippen LogP contribution in [0.4, 0.5) is 11.4 Å². The fraction of sp³-hybridized carbons (Fsp3) is 0.125. The maximum absolute atomic E-state index is 11.9. The summed E-state index contributed by atoms with van der Waals surface area (Å²) in [6.07, 6.45) is 0. The molecule has 0 aromatic heterocycles. The van der Waals surface area contributed by atoms with Gasteiger partial charge in [0.25, 0.3) is 0 Å². The first kappa shape index (κ1) is 15.9. The Labute approximate surface area is 133 Å². The summed E-state index contributed by atoms with van der Waals surface area (Å²) in [4.78, 5) is 23.6. The molecule has 2 rings (SSSR count). The molecule has 0 bridgehead atoms. The summed E-state index contributed by atoms with van der Waals surface area (Å²) >= 11 is 5.78. The first-order valence-electron chi connectivity index (χ1n) is 6.65. The molecule has 2 amide bonds. The second-order valence-corrected chi connectivity index (χ2v) is 5.29. The van der Waals surface area contributed by atoms with Gasteiger partial charge in [0.2, 0.25) is 0 Å². The summed E-state index contributed by atoms with van der Waals surface area (Å²) in [5.74, 6) is -1.48. The van der Waals surface area contributed by atoms with E-state index in [1.54, 1.807) is 36.4 Å².